The van der Waals surface area contributed by atoms with Crippen LogP contribution in [0.5, 0.6) is 5.75 Å². The largest absolute Gasteiger partial charge is 0.506 e. The summed E-state index contributed by atoms with van der Waals surface area (Å²) in [6.07, 6.45) is 0. The Bertz CT molecular complexity index is 547. The molecular weight excluding hydrogens is 212 g/mol. The van der Waals surface area contributed by atoms with Gasteiger partial charge in [-0.2, -0.15) is 0 Å². The van der Waals surface area contributed by atoms with E-state index in [4.69, 9.17) is 11.6 Å². The molecule has 0 unspecified atom stereocenters. The predicted molar refractivity (Wildman–Crippen MR) is 60.6 cm³/mol. The average Bonchev–Trinajstić information content (AvgIpc) is 2.23. The number of aromatic hydroxyl groups is 1. The van der Waals surface area contributed by atoms with Crippen molar-refractivity contribution in [3.63, 3.8) is 0 Å². The van der Waals surface area contributed by atoms with Crippen molar-refractivity contribution in [3.05, 3.63) is 40.9 Å². The fourth-order valence-electron chi connectivity index (χ4n) is 1.50. The van der Waals surface area contributed by atoms with E-state index in [-0.39, 0.29) is 11.5 Å². The molecule has 0 aromatic heterocycles. The van der Waals surface area contributed by atoms with E-state index in [9.17, 15) is 9.90 Å². The van der Waals surface area contributed by atoms with Gasteiger partial charge in [0.15, 0.2) is 5.78 Å². The number of phenols is 1. The van der Waals surface area contributed by atoms with Crippen molar-refractivity contribution in [3.8, 4) is 5.75 Å². The van der Waals surface area contributed by atoms with Gasteiger partial charge in [-0.15, -0.1) is 0 Å². The molecule has 0 saturated carbocycles. The molecule has 1 N–H and O–H groups in total. The molecule has 15 heavy (non-hydrogen) atoms. The number of hydrogen-bond acceptors (Lipinski definition) is 2. The predicted octanol–water partition coefficient (Wildman–Crippen LogP) is 3.40. The van der Waals surface area contributed by atoms with Crippen LogP contribution in [0.15, 0.2) is 30.3 Å². The Morgan fingerprint density at radius 1 is 1.27 bits per heavy atom. The number of halogens is 1. The van der Waals surface area contributed by atoms with Gasteiger partial charge < -0.3 is 5.11 Å². The third-order valence-corrected chi connectivity index (χ3v) is 2.74. The minimum Gasteiger partial charge on any atom is -0.506 e. The lowest BCUT2D eigenvalue weighted by Gasteiger charge is -2.04. The average molecular weight is 221 g/mol. The number of phenolic OH excluding ortho intramolecular Hbond substituents is 1. The maximum atomic E-state index is 11.2. The summed E-state index contributed by atoms with van der Waals surface area (Å²) in [5.74, 6) is 0.0702. The van der Waals surface area contributed by atoms with Gasteiger partial charge in [0.25, 0.3) is 0 Å². The Hall–Kier alpha value is -1.54. The standard InChI is InChI=1S/C12H9ClO2/c1-7(14)8-2-4-10-9(6-8)3-5-11(15)12(10)13/h2-6,15H,1H3. The summed E-state index contributed by atoms with van der Waals surface area (Å²) in [6.45, 7) is 1.52. The van der Waals surface area contributed by atoms with Crippen LogP contribution in [0.4, 0.5) is 0 Å². The Balaban J connectivity index is 2.75. The van der Waals surface area contributed by atoms with Crippen LogP contribution in [0, 0.1) is 0 Å². The van der Waals surface area contributed by atoms with Gasteiger partial charge >= 0.3 is 0 Å². The lowest BCUT2D eigenvalue weighted by Crippen LogP contribution is -1.91. The summed E-state index contributed by atoms with van der Waals surface area (Å²) in [6, 6.07) is 8.48. The molecule has 2 aromatic carbocycles. The van der Waals surface area contributed by atoms with Crippen molar-refractivity contribution in [2.75, 3.05) is 0 Å². The van der Waals surface area contributed by atoms with E-state index in [0.717, 1.165) is 10.8 Å². The van der Waals surface area contributed by atoms with Crippen molar-refractivity contribution >= 4 is 28.2 Å². The summed E-state index contributed by atoms with van der Waals surface area (Å²) in [5, 5.41) is 11.3. The van der Waals surface area contributed by atoms with Crippen molar-refractivity contribution in [1.82, 2.24) is 0 Å². The van der Waals surface area contributed by atoms with E-state index < -0.39 is 0 Å². The normalized spacial score (nSPS) is 10.5. The smallest absolute Gasteiger partial charge is 0.159 e. The zero-order valence-corrected chi connectivity index (χ0v) is 8.88. The third-order valence-electron chi connectivity index (χ3n) is 2.34. The Morgan fingerprint density at radius 3 is 2.67 bits per heavy atom. The lowest BCUT2D eigenvalue weighted by molar-refractivity contribution is 0.101. The molecule has 0 atom stereocenters. The fraction of sp³-hybridized carbons (Fsp3) is 0.0833. The molecule has 2 rings (SSSR count). The van der Waals surface area contributed by atoms with Gasteiger partial charge in [0.1, 0.15) is 5.75 Å². The first-order valence-electron chi connectivity index (χ1n) is 4.52. The first-order valence-corrected chi connectivity index (χ1v) is 4.89. The van der Waals surface area contributed by atoms with E-state index >= 15 is 0 Å². The van der Waals surface area contributed by atoms with Crippen LogP contribution >= 0.6 is 11.6 Å². The molecule has 0 aliphatic heterocycles. The Labute approximate surface area is 92.1 Å². The first kappa shape index (κ1) is 9.99. The number of hydrogen-bond donors (Lipinski definition) is 1. The van der Waals surface area contributed by atoms with Gasteiger partial charge in [0.2, 0.25) is 0 Å². The lowest BCUT2D eigenvalue weighted by atomic mass is 10.0. The molecule has 0 bridgehead atoms. The number of fused-ring (bicyclic) bond motifs is 1. The summed E-state index contributed by atoms with van der Waals surface area (Å²) in [7, 11) is 0. The second-order valence-electron chi connectivity index (χ2n) is 3.39. The van der Waals surface area contributed by atoms with E-state index in [1.54, 1.807) is 24.3 Å². The monoisotopic (exact) mass is 220 g/mol. The highest BCUT2D eigenvalue weighted by Crippen LogP contribution is 2.32. The third kappa shape index (κ3) is 1.68. The summed E-state index contributed by atoms with van der Waals surface area (Å²) in [4.78, 5) is 11.2. The highest BCUT2D eigenvalue weighted by atomic mass is 35.5. The summed E-state index contributed by atoms with van der Waals surface area (Å²) >= 11 is 5.92. The van der Waals surface area contributed by atoms with Gasteiger partial charge in [-0.25, -0.2) is 0 Å². The van der Waals surface area contributed by atoms with Gasteiger partial charge in [0.05, 0.1) is 5.02 Å². The number of carbonyl (C=O) groups is 1. The molecule has 0 saturated heterocycles. The van der Waals surface area contributed by atoms with Crippen molar-refractivity contribution < 1.29 is 9.90 Å². The zero-order valence-electron chi connectivity index (χ0n) is 8.12. The second-order valence-corrected chi connectivity index (χ2v) is 3.77. The van der Waals surface area contributed by atoms with E-state index in [1.165, 1.54) is 13.0 Å². The van der Waals surface area contributed by atoms with Gasteiger partial charge in [-0.05, 0) is 24.4 Å². The highest BCUT2D eigenvalue weighted by molar-refractivity contribution is 6.37. The minimum absolute atomic E-state index is 0.0149. The molecule has 2 aromatic rings. The number of benzene rings is 2. The number of carbonyl (C=O) groups excluding carboxylic acids is 1. The fourth-order valence-corrected chi connectivity index (χ4v) is 1.73. The quantitative estimate of drug-likeness (QED) is 0.748. The Morgan fingerprint density at radius 2 is 2.00 bits per heavy atom. The SMILES string of the molecule is CC(=O)c1ccc2c(Cl)c(O)ccc2c1. The van der Waals surface area contributed by atoms with Gasteiger partial charge in [-0.3, -0.25) is 4.79 Å². The number of ketones is 1. The maximum absolute atomic E-state index is 11.2. The van der Waals surface area contributed by atoms with Crippen molar-refractivity contribution in [1.29, 1.82) is 0 Å². The van der Waals surface area contributed by atoms with Crippen LogP contribution in [0.25, 0.3) is 10.8 Å². The number of Topliss-reactive ketones (excluding diaryl/α,β-unsaturated/α-hetero) is 1. The molecule has 0 amide bonds. The second kappa shape index (κ2) is 3.55. The van der Waals surface area contributed by atoms with Crippen molar-refractivity contribution in [2.45, 2.75) is 6.92 Å². The summed E-state index contributed by atoms with van der Waals surface area (Å²) < 4.78 is 0. The van der Waals surface area contributed by atoms with Crippen molar-refractivity contribution in [2.24, 2.45) is 0 Å². The molecule has 0 aliphatic rings. The first-order chi connectivity index (χ1) is 7.09. The van der Waals surface area contributed by atoms with Gasteiger partial charge in [0, 0.05) is 10.9 Å². The van der Waals surface area contributed by atoms with E-state index in [0.29, 0.717) is 10.6 Å². The van der Waals surface area contributed by atoms with E-state index in [2.05, 4.69) is 0 Å². The molecule has 3 heteroatoms. The summed E-state index contributed by atoms with van der Waals surface area (Å²) in [5.41, 5.74) is 0.643. The van der Waals surface area contributed by atoms with Crippen LogP contribution < -0.4 is 0 Å². The minimum atomic E-state index is 0.0149. The Kier molecular flexibility index (Phi) is 2.37. The van der Waals surface area contributed by atoms with Gasteiger partial charge in [-0.1, -0.05) is 29.8 Å². The maximum Gasteiger partial charge on any atom is 0.159 e. The molecular formula is C12H9ClO2. The van der Waals surface area contributed by atoms with Crippen LogP contribution in [0.1, 0.15) is 17.3 Å². The molecule has 0 fully saturated rings. The van der Waals surface area contributed by atoms with E-state index in [1.807, 2.05) is 0 Å². The van der Waals surface area contributed by atoms with Crippen LogP contribution in [0.3, 0.4) is 0 Å². The topological polar surface area (TPSA) is 37.3 Å². The number of rotatable bonds is 1. The highest BCUT2D eigenvalue weighted by Gasteiger charge is 2.06. The van der Waals surface area contributed by atoms with Crippen LogP contribution in [-0.2, 0) is 0 Å². The molecule has 0 heterocycles. The van der Waals surface area contributed by atoms with Crippen LogP contribution in [-0.4, -0.2) is 10.9 Å². The molecule has 0 radical (unpaired) electrons. The zero-order chi connectivity index (χ0) is 11.0. The molecule has 0 aliphatic carbocycles. The van der Waals surface area contributed by atoms with Crippen LogP contribution in [0.2, 0.25) is 5.02 Å². The molecule has 0 spiro atoms. The molecule has 76 valence electrons. The molecule has 2 nitrogen and oxygen atoms in total.